The largest absolute Gasteiger partial charge is 0.368 e. The molecule has 1 aliphatic heterocycles. The first-order chi connectivity index (χ1) is 15.5. The van der Waals surface area contributed by atoms with E-state index in [1.807, 2.05) is 41.3 Å². The minimum atomic E-state index is -0.621. The normalized spacial score (nSPS) is 14.0. The van der Waals surface area contributed by atoms with Crippen LogP contribution >= 0.6 is 11.6 Å². The molecule has 2 heterocycles. The van der Waals surface area contributed by atoms with Crippen LogP contribution in [-0.2, 0) is 17.9 Å². The van der Waals surface area contributed by atoms with Gasteiger partial charge in [-0.2, -0.15) is 0 Å². The zero-order valence-electron chi connectivity index (χ0n) is 17.7. The number of para-hydroxylation sites is 2. The fourth-order valence-corrected chi connectivity index (χ4v) is 4.34. The molecule has 1 aliphatic rings. The number of fused-ring (bicyclic) bond motifs is 1. The smallest absolute Gasteiger partial charge is 0.317 e. The van der Waals surface area contributed by atoms with Gasteiger partial charge in [0.15, 0.2) is 0 Å². The highest BCUT2D eigenvalue weighted by molar-refractivity contribution is 6.30. The van der Waals surface area contributed by atoms with Crippen molar-refractivity contribution in [3.63, 3.8) is 0 Å². The number of carbonyl (C=O) groups excluding carboxylic acids is 1. The van der Waals surface area contributed by atoms with Crippen molar-refractivity contribution in [2.75, 3.05) is 31.1 Å². The zero-order valence-corrected chi connectivity index (χ0v) is 18.5. The van der Waals surface area contributed by atoms with Gasteiger partial charge < -0.3 is 14.4 Å². The number of benzene rings is 2. The third kappa shape index (κ3) is 4.34. The average Bonchev–Trinajstić information content (AvgIpc) is 2.82. The lowest BCUT2D eigenvalue weighted by Crippen LogP contribution is -2.49. The van der Waals surface area contributed by atoms with Crippen LogP contribution in [0.15, 0.2) is 70.8 Å². The molecule has 1 saturated heterocycles. The molecule has 3 aromatic rings. The van der Waals surface area contributed by atoms with Crippen molar-refractivity contribution in [2.45, 2.75) is 19.5 Å². The average molecular weight is 453 g/mol. The van der Waals surface area contributed by atoms with Crippen molar-refractivity contribution in [3.05, 3.63) is 86.9 Å². The van der Waals surface area contributed by atoms with E-state index in [-0.39, 0.29) is 25.4 Å². The van der Waals surface area contributed by atoms with Crippen LogP contribution < -0.4 is 16.0 Å². The topological polar surface area (TPSA) is 67.5 Å². The summed E-state index contributed by atoms with van der Waals surface area (Å²) in [5.74, 6) is -0.0259. The Morgan fingerprint density at radius 1 is 0.938 bits per heavy atom. The Morgan fingerprint density at radius 2 is 1.59 bits per heavy atom. The third-order valence-electron chi connectivity index (χ3n) is 5.80. The molecule has 0 atom stereocenters. The second-order valence-electron chi connectivity index (χ2n) is 7.75. The number of allylic oxidation sites excluding steroid dienone is 1. The molecule has 0 spiro atoms. The van der Waals surface area contributed by atoms with Gasteiger partial charge in [-0.15, -0.1) is 6.58 Å². The maximum absolute atomic E-state index is 12.8. The summed E-state index contributed by atoms with van der Waals surface area (Å²) in [6, 6.07) is 14.9. The zero-order chi connectivity index (χ0) is 22.7. The maximum Gasteiger partial charge on any atom is 0.317 e. The van der Waals surface area contributed by atoms with E-state index in [0.29, 0.717) is 42.2 Å². The quantitative estimate of drug-likeness (QED) is 0.426. The van der Waals surface area contributed by atoms with Gasteiger partial charge in [0.1, 0.15) is 0 Å². The third-order valence-corrected chi connectivity index (χ3v) is 6.04. The molecule has 2 aromatic carbocycles. The van der Waals surface area contributed by atoms with Gasteiger partial charge in [0.2, 0.25) is 5.91 Å². The monoisotopic (exact) mass is 452 g/mol. The second kappa shape index (κ2) is 9.44. The molecule has 1 fully saturated rings. The number of rotatable bonds is 6. The maximum atomic E-state index is 12.8. The Balaban J connectivity index is 1.46. The first kappa shape index (κ1) is 21.9. The molecular weight excluding hydrogens is 428 g/mol. The summed E-state index contributed by atoms with van der Waals surface area (Å²) in [6.07, 6.45) is 1.75. The van der Waals surface area contributed by atoms with Crippen molar-refractivity contribution in [3.8, 4) is 0 Å². The molecule has 8 heteroatoms. The summed E-state index contributed by atoms with van der Waals surface area (Å²) < 4.78 is 2.83. The predicted octanol–water partition coefficient (Wildman–Crippen LogP) is 2.74. The van der Waals surface area contributed by atoms with Gasteiger partial charge in [-0.05, 0) is 30.3 Å². The Labute approximate surface area is 190 Å². The number of halogens is 1. The molecule has 0 bridgehead atoms. The van der Waals surface area contributed by atoms with Crippen molar-refractivity contribution >= 4 is 34.2 Å². The number of carbonyl (C=O) groups is 1. The minimum absolute atomic E-state index is 0.0259. The number of hydrogen-bond donors (Lipinski definition) is 0. The van der Waals surface area contributed by atoms with E-state index in [4.69, 9.17) is 11.6 Å². The number of aryl methyl sites for hydroxylation is 1. The summed E-state index contributed by atoms with van der Waals surface area (Å²) >= 11 is 6.09. The number of aromatic nitrogens is 2. The molecule has 0 unspecified atom stereocenters. The Bertz CT molecular complexity index is 1270. The van der Waals surface area contributed by atoms with Crippen LogP contribution in [0, 0.1) is 0 Å². The first-order valence-corrected chi connectivity index (χ1v) is 11.0. The van der Waals surface area contributed by atoms with E-state index < -0.39 is 11.1 Å². The van der Waals surface area contributed by atoms with E-state index in [9.17, 15) is 14.4 Å². The number of anilines is 1. The van der Waals surface area contributed by atoms with Crippen LogP contribution in [0.5, 0.6) is 0 Å². The van der Waals surface area contributed by atoms with E-state index in [1.165, 1.54) is 9.13 Å². The standard InChI is InChI=1S/C24H25ClN4O3/c1-2-11-28-20-8-3-4-9-21(20)29(24(32)23(28)31)12-10-22(30)27-15-13-26(14-16-27)19-7-5-6-18(25)17-19/h2-9,17H,1,10-16H2. The van der Waals surface area contributed by atoms with Crippen LogP contribution in [0.1, 0.15) is 6.42 Å². The highest BCUT2D eigenvalue weighted by Gasteiger charge is 2.22. The number of hydrogen-bond acceptors (Lipinski definition) is 4. The van der Waals surface area contributed by atoms with Gasteiger partial charge in [0, 0.05) is 56.4 Å². The SMILES string of the molecule is C=CCn1c(=O)c(=O)n(CCC(=O)N2CCN(c3cccc(Cl)c3)CC2)c2ccccc21. The molecule has 0 saturated carbocycles. The van der Waals surface area contributed by atoms with Gasteiger partial charge in [0.05, 0.1) is 11.0 Å². The Kier molecular flexibility index (Phi) is 6.46. The Hall–Kier alpha value is -3.32. The fraction of sp³-hybridized carbons (Fsp3) is 0.292. The summed E-state index contributed by atoms with van der Waals surface area (Å²) in [4.78, 5) is 42.2. The summed E-state index contributed by atoms with van der Waals surface area (Å²) in [5.41, 5.74) is 1.11. The number of amides is 1. The van der Waals surface area contributed by atoms with E-state index in [0.717, 1.165) is 5.69 Å². The molecular formula is C24H25ClN4O3. The van der Waals surface area contributed by atoms with E-state index >= 15 is 0 Å². The molecule has 166 valence electrons. The van der Waals surface area contributed by atoms with Gasteiger partial charge in [0.25, 0.3) is 0 Å². The molecule has 1 aromatic heterocycles. The lowest BCUT2D eigenvalue weighted by atomic mass is 10.2. The minimum Gasteiger partial charge on any atom is -0.368 e. The highest BCUT2D eigenvalue weighted by atomic mass is 35.5. The van der Waals surface area contributed by atoms with Crippen molar-refractivity contribution < 1.29 is 4.79 Å². The van der Waals surface area contributed by atoms with Gasteiger partial charge in [-0.3, -0.25) is 19.0 Å². The molecule has 0 aliphatic carbocycles. The molecule has 32 heavy (non-hydrogen) atoms. The highest BCUT2D eigenvalue weighted by Crippen LogP contribution is 2.21. The molecule has 0 radical (unpaired) electrons. The summed E-state index contributed by atoms with van der Waals surface area (Å²) in [6.45, 7) is 6.71. The van der Waals surface area contributed by atoms with Crippen LogP contribution in [0.4, 0.5) is 5.69 Å². The predicted molar refractivity (Wildman–Crippen MR) is 128 cm³/mol. The van der Waals surface area contributed by atoms with Crippen molar-refractivity contribution in [1.29, 1.82) is 0 Å². The first-order valence-electron chi connectivity index (χ1n) is 10.6. The summed E-state index contributed by atoms with van der Waals surface area (Å²) in [5, 5.41) is 0.689. The fourth-order valence-electron chi connectivity index (χ4n) is 4.16. The van der Waals surface area contributed by atoms with Crippen LogP contribution in [-0.4, -0.2) is 46.1 Å². The van der Waals surface area contributed by atoms with Crippen LogP contribution in [0.3, 0.4) is 0 Å². The lowest BCUT2D eigenvalue weighted by Gasteiger charge is -2.36. The lowest BCUT2D eigenvalue weighted by molar-refractivity contribution is -0.131. The van der Waals surface area contributed by atoms with Crippen LogP contribution in [0.2, 0.25) is 5.02 Å². The van der Waals surface area contributed by atoms with Gasteiger partial charge in [-0.1, -0.05) is 35.9 Å². The van der Waals surface area contributed by atoms with Crippen molar-refractivity contribution in [2.24, 2.45) is 0 Å². The van der Waals surface area contributed by atoms with E-state index in [2.05, 4.69) is 11.5 Å². The molecule has 4 rings (SSSR count). The summed E-state index contributed by atoms with van der Waals surface area (Å²) in [7, 11) is 0. The molecule has 0 N–H and O–H groups in total. The number of nitrogens with zero attached hydrogens (tertiary/aromatic N) is 4. The Morgan fingerprint density at radius 3 is 2.25 bits per heavy atom. The van der Waals surface area contributed by atoms with Crippen LogP contribution in [0.25, 0.3) is 11.0 Å². The van der Waals surface area contributed by atoms with Gasteiger partial charge >= 0.3 is 11.1 Å². The molecule has 1 amide bonds. The molecule has 7 nitrogen and oxygen atoms in total. The number of piperazine rings is 1. The van der Waals surface area contributed by atoms with Gasteiger partial charge in [-0.25, -0.2) is 0 Å². The second-order valence-corrected chi connectivity index (χ2v) is 8.18. The van der Waals surface area contributed by atoms with Crippen molar-refractivity contribution in [1.82, 2.24) is 14.0 Å². The van der Waals surface area contributed by atoms with E-state index in [1.54, 1.807) is 18.2 Å².